The van der Waals surface area contributed by atoms with Crippen LogP contribution in [0.15, 0.2) is 18.2 Å². The first-order valence-corrected chi connectivity index (χ1v) is 6.36. The number of hydrogen-bond donors (Lipinski definition) is 2. The topological polar surface area (TPSA) is 77.8 Å². The van der Waals surface area contributed by atoms with Crippen LogP contribution in [-0.4, -0.2) is 46.2 Å². The van der Waals surface area contributed by atoms with Crippen LogP contribution >= 0.6 is 0 Å². The molecule has 0 unspecified atom stereocenters. The molecule has 20 heavy (non-hydrogen) atoms. The number of hydrogen-bond acceptors (Lipinski definition) is 3. The molecule has 1 fully saturated rings. The maximum absolute atomic E-state index is 13.2. The number of aliphatic hydroxyl groups excluding tert-OH is 1. The van der Waals surface area contributed by atoms with Gasteiger partial charge in [-0.2, -0.15) is 0 Å². The van der Waals surface area contributed by atoms with Crippen LogP contribution in [-0.2, 0) is 4.79 Å². The normalized spacial score (nSPS) is 22.6. The average molecular weight is 281 g/mol. The molecule has 1 aromatic carbocycles. The first-order valence-electron chi connectivity index (χ1n) is 6.36. The Labute approximate surface area is 115 Å². The van der Waals surface area contributed by atoms with Gasteiger partial charge in [0.25, 0.3) is 5.91 Å². The van der Waals surface area contributed by atoms with Crippen LogP contribution in [0.2, 0.25) is 0 Å². The Morgan fingerprint density at radius 3 is 2.75 bits per heavy atom. The highest BCUT2D eigenvalue weighted by Gasteiger charge is 2.35. The second-order valence-corrected chi connectivity index (χ2v) is 5.01. The highest BCUT2D eigenvalue weighted by Crippen LogP contribution is 2.21. The van der Waals surface area contributed by atoms with Gasteiger partial charge in [0, 0.05) is 18.7 Å². The van der Waals surface area contributed by atoms with Gasteiger partial charge in [-0.15, -0.1) is 0 Å². The van der Waals surface area contributed by atoms with Crippen molar-refractivity contribution < 1.29 is 24.2 Å². The van der Waals surface area contributed by atoms with E-state index in [4.69, 9.17) is 5.11 Å². The standard InChI is InChI=1S/C14H16FNO4/c1-8-2-3-9(15)6-10(8)13(18)16-5-4-12(17)11(7-16)14(19)20/h2-3,6,11-12,17H,4-5,7H2,1H3,(H,19,20)/t11-,12+/m1/s1. The van der Waals surface area contributed by atoms with Gasteiger partial charge >= 0.3 is 5.97 Å². The van der Waals surface area contributed by atoms with Crippen molar-refractivity contribution in [2.75, 3.05) is 13.1 Å². The number of carboxylic acids is 1. The molecular formula is C14H16FNO4. The summed E-state index contributed by atoms with van der Waals surface area (Å²) in [6.45, 7) is 1.89. The summed E-state index contributed by atoms with van der Waals surface area (Å²) in [4.78, 5) is 24.7. The second-order valence-electron chi connectivity index (χ2n) is 5.01. The molecule has 6 heteroatoms. The van der Waals surface area contributed by atoms with E-state index < -0.39 is 29.7 Å². The lowest BCUT2D eigenvalue weighted by Gasteiger charge is -2.34. The van der Waals surface area contributed by atoms with Crippen LogP contribution in [0.5, 0.6) is 0 Å². The van der Waals surface area contributed by atoms with Crippen molar-refractivity contribution in [2.45, 2.75) is 19.4 Å². The van der Waals surface area contributed by atoms with Gasteiger partial charge in [-0.25, -0.2) is 4.39 Å². The number of halogens is 1. The van der Waals surface area contributed by atoms with Gasteiger partial charge in [0.1, 0.15) is 11.7 Å². The van der Waals surface area contributed by atoms with Crippen LogP contribution in [0.4, 0.5) is 4.39 Å². The summed E-state index contributed by atoms with van der Waals surface area (Å²) in [5.74, 6) is -3.04. The Balaban J connectivity index is 2.21. The molecule has 0 radical (unpaired) electrons. The van der Waals surface area contributed by atoms with Crippen molar-refractivity contribution in [1.29, 1.82) is 0 Å². The molecule has 1 aliphatic heterocycles. The SMILES string of the molecule is Cc1ccc(F)cc1C(=O)N1CC[C@H](O)[C@H](C(=O)O)C1. The third-order valence-corrected chi connectivity index (χ3v) is 3.61. The predicted molar refractivity (Wildman–Crippen MR) is 68.8 cm³/mol. The van der Waals surface area contributed by atoms with Gasteiger partial charge in [0.15, 0.2) is 0 Å². The van der Waals surface area contributed by atoms with Gasteiger partial charge in [-0.3, -0.25) is 9.59 Å². The van der Waals surface area contributed by atoms with E-state index in [0.29, 0.717) is 5.56 Å². The Hall–Kier alpha value is -1.95. The van der Waals surface area contributed by atoms with E-state index in [9.17, 15) is 19.1 Å². The number of nitrogens with zero attached hydrogens (tertiary/aromatic N) is 1. The highest BCUT2D eigenvalue weighted by molar-refractivity contribution is 5.96. The predicted octanol–water partition coefficient (Wildman–Crippen LogP) is 1.04. The van der Waals surface area contributed by atoms with E-state index in [1.165, 1.54) is 17.0 Å². The van der Waals surface area contributed by atoms with Crippen LogP contribution in [0.3, 0.4) is 0 Å². The Kier molecular flexibility index (Phi) is 4.04. The molecule has 1 saturated heterocycles. The lowest BCUT2D eigenvalue weighted by atomic mass is 9.94. The van der Waals surface area contributed by atoms with Gasteiger partial charge in [0.2, 0.25) is 0 Å². The van der Waals surface area contributed by atoms with E-state index in [1.54, 1.807) is 6.92 Å². The molecule has 2 N–H and O–H groups in total. The molecule has 1 aromatic rings. The molecule has 0 bridgehead atoms. The van der Waals surface area contributed by atoms with E-state index >= 15 is 0 Å². The smallest absolute Gasteiger partial charge is 0.310 e. The summed E-state index contributed by atoms with van der Waals surface area (Å²) in [6, 6.07) is 3.93. The van der Waals surface area contributed by atoms with E-state index in [-0.39, 0.29) is 25.1 Å². The largest absolute Gasteiger partial charge is 0.481 e. The number of carbonyl (C=O) groups excluding carboxylic acids is 1. The van der Waals surface area contributed by atoms with Crippen LogP contribution < -0.4 is 0 Å². The molecule has 108 valence electrons. The van der Waals surface area contributed by atoms with Crippen molar-refractivity contribution in [1.82, 2.24) is 4.90 Å². The number of carbonyl (C=O) groups is 2. The first kappa shape index (κ1) is 14.5. The molecule has 5 nitrogen and oxygen atoms in total. The summed E-state index contributed by atoms with van der Waals surface area (Å²) >= 11 is 0. The van der Waals surface area contributed by atoms with Gasteiger partial charge in [0.05, 0.1) is 6.10 Å². The highest BCUT2D eigenvalue weighted by atomic mass is 19.1. The summed E-state index contributed by atoms with van der Waals surface area (Å²) < 4.78 is 13.2. The fourth-order valence-electron chi connectivity index (χ4n) is 2.36. The van der Waals surface area contributed by atoms with E-state index in [2.05, 4.69) is 0 Å². The zero-order chi connectivity index (χ0) is 14.9. The molecule has 0 aromatic heterocycles. The molecule has 2 atom stereocenters. The Bertz CT molecular complexity index is 546. The number of piperidine rings is 1. The molecule has 0 aliphatic carbocycles. The first-order chi connectivity index (χ1) is 9.40. The summed E-state index contributed by atoms with van der Waals surface area (Å²) in [5.41, 5.74) is 0.861. The number of carboxylic acid groups (broad SMARTS) is 1. The Morgan fingerprint density at radius 2 is 2.10 bits per heavy atom. The fourth-order valence-corrected chi connectivity index (χ4v) is 2.36. The summed E-state index contributed by atoms with van der Waals surface area (Å²) in [5, 5.41) is 18.6. The van der Waals surface area contributed by atoms with Crippen molar-refractivity contribution in [3.05, 3.63) is 35.1 Å². The number of benzene rings is 1. The van der Waals surface area contributed by atoms with E-state index in [1.807, 2.05) is 0 Å². The average Bonchev–Trinajstić information content (AvgIpc) is 2.41. The summed E-state index contributed by atoms with van der Waals surface area (Å²) in [7, 11) is 0. The maximum Gasteiger partial charge on any atom is 0.310 e. The number of rotatable bonds is 2. The molecule has 0 saturated carbocycles. The molecule has 0 spiro atoms. The third kappa shape index (κ3) is 2.80. The van der Waals surface area contributed by atoms with Crippen molar-refractivity contribution in [2.24, 2.45) is 5.92 Å². The number of amides is 1. The number of aliphatic carboxylic acids is 1. The van der Waals surface area contributed by atoms with Gasteiger partial charge in [-0.1, -0.05) is 6.07 Å². The minimum atomic E-state index is -1.13. The van der Waals surface area contributed by atoms with Crippen molar-refractivity contribution in [3.63, 3.8) is 0 Å². The zero-order valence-electron chi connectivity index (χ0n) is 11.0. The second kappa shape index (κ2) is 5.58. The number of likely N-dealkylation sites (tertiary alicyclic amines) is 1. The summed E-state index contributed by atoms with van der Waals surface area (Å²) in [6.07, 6.45) is -0.748. The molecule has 2 rings (SSSR count). The van der Waals surface area contributed by atoms with Crippen LogP contribution in [0, 0.1) is 18.7 Å². The zero-order valence-corrected chi connectivity index (χ0v) is 11.0. The Morgan fingerprint density at radius 1 is 1.40 bits per heavy atom. The van der Waals surface area contributed by atoms with Crippen molar-refractivity contribution in [3.8, 4) is 0 Å². The number of aliphatic hydroxyl groups is 1. The molecule has 1 heterocycles. The van der Waals surface area contributed by atoms with Crippen LogP contribution in [0.25, 0.3) is 0 Å². The molecule has 1 amide bonds. The lowest BCUT2D eigenvalue weighted by molar-refractivity contribution is -0.148. The quantitative estimate of drug-likeness (QED) is 0.849. The van der Waals surface area contributed by atoms with Crippen molar-refractivity contribution >= 4 is 11.9 Å². The monoisotopic (exact) mass is 281 g/mol. The fraction of sp³-hybridized carbons (Fsp3) is 0.429. The molecular weight excluding hydrogens is 265 g/mol. The minimum absolute atomic E-state index is 0.0642. The lowest BCUT2D eigenvalue weighted by Crippen LogP contribution is -2.48. The minimum Gasteiger partial charge on any atom is -0.481 e. The third-order valence-electron chi connectivity index (χ3n) is 3.61. The van der Waals surface area contributed by atoms with E-state index in [0.717, 1.165) is 6.07 Å². The van der Waals surface area contributed by atoms with Crippen LogP contribution in [0.1, 0.15) is 22.3 Å². The molecule has 1 aliphatic rings. The maximum atomic E-state index is 13.2. The van der Waals surface area contributed by atoms with Gasteiger partial charge < -0.3 is 15.1 Å². The number of aryl methyl sites for hydroxylation is 1. The van der Waals surface area contributed by atoms with Gasteiger partial charge in [-0.05, 0) is 31.0 Å².